The first kappa shape index (κ1) is 22.9. The summed E-state index contributed by atoms with van der Waals surface area (Å²) in [5.41, 5.74) is 3.86. The molecule has 0 radical (unpaired) electrons. The van der Waals surface area contributed by atoms with Crippen molar-refractivity contribution in [3.63, 3.8) is 0 Å². The Morgan fingerprint density at radius 1 is 1.06 bits per heavy atom. The molecule has 0 amide bonds. The van der Waals surface area contributed by atoms with Crippen LogP contribution in [0.5, 0.6) is 11.5 Å². The Hall–Kier alpha value is -2.79. The molecule has 3 rings (SSSR count). The second kappa shape index (κ2) is 10.0. The average Bonchev–Trinajstić information content (AvgIpc) is 2.72. The maximum atomic E-state index is 12.0. The van der Waals surface area contributed by atoms with Gasteiger partial charge in [0.1, 0.15) is 0 Å². The highest BCUT2D eigenvalue weighted by Crippen LogP contribution is 2.35. The molecular formula is C26H33NO4. The molecule has 2 aromatic carbocycles. The van der Waals surface area contributed by atoms with Crippen molar-refractivity contribution in [3.05, 3.63) is 70.9 Å². The van der Waals surface area contributed by atoms with E-state index in [1.165, 1.54) is 0 Å². The van der Waals surface area contributed by atoms with Gasteiger partial charge in [-0.05, 0) is 47.1 Å². The van der Waals surface area contributed by atoms with Crippen LogP contribution in [0.4, 0.5) is 0 Å². The molecule has 0 saturated carbocycles. The van der Waals surface area contributed by atoms with E-state index in [1.54, 1.807) is 20.3 Å². The van der Waals surface area contributed by atoms with Crippen LogP contribution in [0.3, 0.4) is 0 Å². The molecule has 2 aromatic rings. The molecule has 5 nitrogen and oxygen atoms in total. The molecule has 1 aliphatic carbocycles. The lowest BCUT2D eigenvalue weighted by atomic mass is 9.79. The number of hydrogen-bond donors (Lipinski definition) is 2. The van der Waals surface area contributed by atoms with E-state index in [0.29, 0.717) is 37.3 Å². The highest BCUT2D eigenvalue weighted by atomic mass is 16.5. The third-order valence-electron chi connectivity index (χ3n) is 5.68. The number of aliphatic hydroxyl groups is 1. The first-order chi connectivity index (χ1) is 14.8. The number of ketones is 1. The van der Waals surface area contributed by atoms with Crippen LogP contribution < -0.4 is 14.8 Å². The van der Waals surface area contributed by atoms with Crippen molar-refractivity contribution in [1.29, 1.82) is 0 Å². The van der Waals surface area contributed by atoms with Gasteiger partial charge in [-0.15, -0.1) is 0 Å². The number of nitrogens with one attached hydrogen (secondary N) is 1. The van der Waals surface area contributed by atoms with E-state index in [1.807, 2.05) is 42.5 Å². The van der Waals surface area contributed by atoms with E-state index in [4.69, 9.17) is 9.47 Å². The summed E-state index contributed by atoms with van der Waals surface area (Å²) in [4.78, 5) is 12.0. The monoisotopic (exact) mass is 423 g/mol. The number of aliphatic hydroxyl groups excluding tert-OH is 1. The van der Waals surface area contributed by atoms with Crippen molar-refractivity contribution in [1.82, 2.24) is 5.32 Å². The first-order valence-corrected chi connectivity index (χ1v) is 10.8. The number of hydrogen-bond acceptors (Lipinski definition) is 5. The molecule has 0 spiro atoms. The molecule has 5 heteroatoms. The molecule has 0 fully saturated rings. The Kier molecular flexibility index (Phi) is 7.39. The average molecular weight is 424 g/mol. The Morgan fingerprint density at radius 2 is 1.74 bits per heavy atom. The normalized spacial score (nSPS) is 16.4. The summed E-state index contributed by atoms with van der Waals surface area (Å²) >= 11 is 0. The smallest absolute Gasteiger partial charge is 0.161 e. The van der Waals surface area contributed by atoms with Gasteiger partial charge in [0.25, 0.3) is 0 Å². The van der Waals surface area contributed by atoms with Gasteiger partial charge in [-0.3, -0.25) is 4.79 Å². The predicted molar refractivity (Wildman–Crippen MR) is 122 cm³/mol. The maximum absolute atomic E-state index is 12.0. The Morgan fingerprint density at radius 3 is 2.39 bits per heavy atom. The van der Waals surface area contributed by atoms with Gasteiger partial charge in [-0.1, -0.05) is 44.2 Å². The number of carbonyl (C=O) groups excluding carboxylic acids is 1. The van der Waals surface area contributed by atoms with E-state index < -0.39 is 6.10 Å². The van der Waals surface area contributed by atoms with Crippen LogP contribution in [-0.4, -0.2) is 31.7 Å². The van der Waals surface area contributed by atoms with Crippen LogP contribution in [0, 0.1) is 5.41 Å². The maximum Gasteiger partial charge on any atom is 0.161 e. The SMILES string of the molecule is COc1cc(CCNC2=CC(=O)CC(C)(C)C2)c(C(O)Cc2ccccc2)cc1OC. The van der Waals surface area contributed by atoms with Gasteiger partial charge < -0.3 is 19.9 Å². The molecule has 1 atom stereocenters. The largest absolute Gasteiger partial charge is 0.493 e. The lowest BCUT2D eigenvalue weighted by Gasteiger charge is -2.29. The molecule has 0 aliphatic heterocycles. The number of carbonyl (C=O) groups is 1. The Bertz CT molecular complexity index is 934. The fourth-order valence-electron chi connectivity index (χ4n) is 4.23. The summed E-state index contributed by atoms with van der Waals surface area (Å²) in [7, 11) is 3.21. The van der Waals surface area contributed by atoms with Gasteiger partial charge in [0, 0.05) is 31.2 Å². The Balaban J connectivity index is 1.78. The van der Waals surface area contributed by atoms with Crippen molar-refractivity contribution < 1.29 is 19.4 Å². The molecule has 31 heavy (non-hydrogen) atoms. The summed E-state index contributed by atoms with van der Waals surface area (Å²) < 4.78 is 11.0. The summed E-state index contributed by atoms with van der Waals surface area (Å²) in [6.07, 6.45) is 3.72. The van der Waals surface area contributed by atoms with Crippen LogP contribution in [0.15, 0.2) is 54.2 Å². The van der Waals surface area contributed by atoms with E-state index in [2.05, 4.69) is 19.2 Å². The molecule has 2 N–H and O–H groups in total. The van der Waals surface area contributed by atoms with Crippen molar-refractivity contribution >= 4 is 5.78 Å². The van der Waals surface area contributed by atoms with Gasteiger partial charge in [0.05, 0.1) is 20.3 Å². The third-order valence-corrected chi connectivity index (χ3v) is 5.68. The number of benzene rings is 2. The highest BCUT2D eigenvalue weighted by Gasteiger charge is 2.27. The van der Waals surface area contributed by atoms with Crippen molar-refractivity contribution in [2.24, 2.45) is 5.41 Å². The zero-order valence-electron chi connectivity index (χ0n) is 18.9. The fourth-order valence-corrected chi connectivity index (χ4v) is 4.23. The second-order valence-corrected chi connectivity index (χ2v) is 8.94. The van der Waals surface area contributed by atoms with Gasteiger partial charge in [-0.2, -0.15) is 0 Å². The molecular weight excluding hydrogens is 390 g/mol. The van der Waals surface area contributed by atoms with Crippen molar-refractivity contribution in [3.8, 4) is 11.5 Å². The minimum atomic E-state index is -0.661. The molecule has 0 bridgehead atoms. The summed E-state index contributed by atoms with van der Waals surface area (Å²) in [6, 6.07) is 13.8. The van der Waals surface area contributed by atoms with Crippen molar-refractivity contribution in [2.45, 2.75) is 45.6 Å². The second-order valence-electron chi connectivity index (χ2n) is 8.94. The quantitative estimate of drug-likeness (QED) is 0.626. The van der Waals surface area contributed by atoms with Crippen LogP contribution in [0.2, 0.25) is 0 Å². The van der Waals surface area contributed by atoms with Crippen LogP contribution in [0.25, 0.3) is 0 Å². The summed E-state index contributed by atoms with van der Waals surface area (Å²) in [5.74, 6) is 1.41. The van der Waals surface area contributed by atoms with Gasteiger partial charge in [0.15, 0.2) is 17.3 Å². The first-order valence-electron chi connectivity index (χ1n) is 10.8. The molecule has 0 heterocycles. The summed E-state index contributed by atoms with van der Waals surface area (Å²) in [6.45, 7) is 4.90. The highest BCUT2D eigenvalue weighted by molar-refractivity contribution is 5.91. The zero-order chi connectivity index (χ0) is 22.4. The topological polar surface area (TPSA) is 67.8 Å². The van der Waals surface area contributed by atoms with Gasteiger partial charge in [0.2, 0.25) is 0 Å². The minimum Gasteiger partial charge on any atom is -0.493 e. The number of allylic oxidation sites excluding steroid dienone is 2. The predicted octanol–water partition coefficient (Wildman–Crippen LogP) is 4.39. The van der Waals surface area contributed by atoms with E-state index in [-0.39, 0.29) is 11.2 Å². The van der Waals surface area contributed by atoms with Gasteiger partial charge in [-0.25, -0.2) is 0 Å². The number of rotatable bonds is 9. The van der Waals surface area contributed by atoms with Crippen LogP contribution in [-0.2, 0) is 17.6 Å². The van der Waals surface area contributed by atoms with Crippen LogP contribution >= 0.6 is 0 Å². The van der Waals surface area contributed by atoms with Gasteiger partial charge >= 0.3 is 0 Å². The summed E-state index contributed by atoms with van der Waals surface area (Å²) in [5, 5.41) is 14.4. The van der Waals surface area contributed by atoms with E-state index in [0.717, 1.165) is 28.8 Å². The molecule has 1 unspecified atom stereocenters. The number of ether oxygens (including phenoxy) is 2. The fraction of sp³-hybridized carbons (Fsp3) is 0.423. The van der Waals surface area contributed by atoms with E-state index in [9.17, 15) is 9.90 Å². The molecule has 0 aromatic heterocycles. The molecule has 1 aliphatic rings. The lowest BCUT2D eigenvalue weighted by Crippen LogP contribution is -2.29. The lowest BCUT2D eigenvalue weighted by molar-refractivity contribution is -0.117. The third kappa shape index (κ3) is 6.11. The molecule has 166 valence electrons. The standard InChI is InChI=1S/C26H33NO4/c1-26(2)16-20(14-21(28)17-26)27-11-10-19-13-24(30-3)25(31-4)15-22(19)23(29)12-18-8-6-5-7-9-18/h5-9,13-15,23,27,29H,10-12,16-17H2,1-4H3. The van der Waals surface area contributed by atoms with Crippen molar-refractivity contribution in [2.75, 3.05) is 20.8 Å². The molecule has 0 saturated heterocycles. The Labute approximate surface area is 185 Å². The van der Waals surface area contributed by atoms with E-state index >= 15 is 0 Å². The minimum absolute atomic E-state index is 0.0193. The zero-order valence-corrected chi connectivity index (χ0v) is 18.9. The number of methoxy groups -OCH3 is 2. The van der Waals surface area contributed by atoms with Crippen LogP contribution in [0.1, 0.15) is 49.5 Å².